The van der Waals surface area contributed by atoms with Crippen molar-refractivity contribution in [2.45, 2.75) is 105 Å². The first kappa shape index (κ1) is 27.3. The molecule has 0 aromatic heterocycles. The van der Waals surface area contributed by atoms with E-state index in [1.807, 2.05) is 0 Å². The summed E-state index contributed by atoms with van der Waals surface area (Å²) in [7, 11) is 0. The van der Waals surface area contributed by atoms with E-state index in [-0.39, 0.29) is 23.0 Å². The van der Waals surface area contributed by atoms with Gasteiger partial charge < -0.3 is 0 Å². The van der Waals surface area contributed by atoms with Crippen LogP contribution in [0.25, 0.3) is 0 Å². The SMILES string of the molecule is CCCCc1cccc(B(c2ccccc2C(C)(C)C)c2ccccc2C(C)(C)C)c1C(C)(C)C. The van der Waals surface area contributed by atoms with Crippen molar-refractivity contribution >= 4 is 23.1 Å². The number of rotatable bonds is 6. The fraction of sp³-hybridized carbons (Fsp3) is 0.471. The van der Waals surface area contributed by atoms with Crippen LogP contribution >= 0.6 is 0 Å². The summed E-state index contributed by atoms with van der Waals surface area (Å²) in [5.41, 5.74) is 10.5. The Morgan fingerprint density at radius 1 is 0.543 bits per heavy atom. The largest absolute Gasteiger partial charge is 0.242 e. The van der Waals surface area contributed by atoms with Gasteiger partial charge in [-0.1, -0.05) is 159 Å². The van der Waals surface area contributed by atoms with Gasteiger partial charge in [-0.2, -0.15) is 0 Å². The predicted octanol–water partition coefficient (Wildman–Crippen LogP) is 7.44. The van der Waals surface area contributed by atoms with E-state index in [1.165, 1.54) is 51.5 Å². The molecule has 0 unspecified atom stereocenters. The van der Waals surface area contributed by atoms with Gasteiger partial charge in [0.25, 0.3) is 0 Å². The molecule has 3 rings (SSSR count). The molecule has 0 nitrogen and oxygen atoms in total. The molecule has 3 aromatic rings. The zero-order valence-electron chi connectivity index (χ0n) is 24.0. The minimum Gasteiger partial charge on any atom is -0.0667 e. The van der Waals surface area contributed by atoms with E-state index >= 15 is 0 Å². The lowest BCUT2D eigenvalue weighted by Crippen LogP contribution is -2.58. The number of hydrogen-bond acceptors (Lipinski definition) is 0. The van der Waals surface area contributed by atoms with E-state index in [0.29, 0.717) is 0 Å². The molecule has 0 N–H and O–H groups in total. The van der Waals surface area contributed by atoms with Crippen LogP contribution in [0.4, 0.5) is 0 Å². The van der Waals surface area contributed by atoms with Gasteiger partial charge in [0.05, 0.1) is 0 Å². The van der Waals surface area contributed by atoms with Crippen molar-refractivity contribution in [1.29, 1.82) is 0 Å². The minimum atomic E-state index is 0.0608. The van der Waals surface area contributed by atoms with E-state index in [1.54, 1.807) is 0 Å². The summed E-state index contributed by atoms with van der Waals surface area (Å²) in [4.78, 5) is 0. The Kier molecular flexibility index (Phi) is 8.10. The first-order valence-corrected chi connectivity index (χ1v) is 13.6. The highest BCUT2D eigenvalue weighted by Crippen LogP contribution is 2.29. The van der Waals surface area contributed by atoms with Gasteiger partial charge in [0.2, 0.25) is 6.71 Å². The molecule has 3 aromatic carbocycles. The third kappa shape index (κ3) is 6.11. The van der Waals surface area contributed by atoms with Crippen LogP contribution in [0.2, 0.25) is 0 Å². The molecule has 35 heavy (non-hydrogen) atoms. The predicted molar refractivity (Wildman–Crippen MR) is 159 cm³/mol. The summed E-state index contributed by atoms with van der Waals surface area (Å²) in [6, 6.07) is 25.4. The Bertz CT molecular complexity index is 1070. The van der Waals surface area contributed by atoms with Crippen molar-refractivity contribution in [1.82, 2.24) is 0 Å². The Morgan fingerprint density at radius 3 is 1.43 bits per heavy atom. The summed E-state index contributed by atoms with van der Waals surface area (Å²) in [5, 5.41) is 0. The summed E-state index contributed by atoms with van der Waals surface area (Å²) >= 11 is 0. The van der Waals surface area contributed by atoms with Crippen molar-refractivity contribution in [2.24, 2.45) is 0 Å². The molecule has 0 atom stereocenters. The summed E-state index contributed by atoms with van der Waals surface area (Å²) in [6.07, 6.45) is 3.59. The molecule has 0 bridgehead atoms. The number of unbranched alkanes of at least 4 members (excludes halogenated alkanes) is 1. The van der Waals surface area contributed by atoms with Crippen LogP contribution in [0.15, 0.2) is 66.7 Å². The molecule has 0 heterocycles. The van der Waals surface area contributed by atoms with E-state index in [4.69, 9.17) is 0 Å². The van der Waals surface area contributed by atoms with Gasteiger partial charge in [0.1, 0.15) is 0 Å². The summed E-state index contributed by atoms with van der Waals surface area (Å²) < 4.78 is 0. The minimum absolute atomic E-state index is 0.0608. The third-order valence-electron chi connectivity index (χ3n) is 7.20. The zero-order chi connectivity index (χ0) is 26.0. The second-order valence-corrected chi connectivity index (χ2v) is 13.3. The van der Waals surface area contributed by atoms with Crippen LogP contribution in [0, 0.1) is 0 Å². The topological polar surface area (TPSA) is 0 Å². The van der Waals surface area contributed by atoms with Gasteiger partial charge in [0.15, 0.2) is 0 Å². The Morgan fingerprint density at radius 2 is 1.00 bits per heavy atom. The highest BCUT2D eigenvalue weighted by Gasteiger charge is 2.35. The standard InChI is InChI=1S/C34H47B/c1-11-12-18-25-19-17-24-30(31(25)34(8,9)10)35(28-22-15-13-20-26(28)32(2,3)4)29-23-16-14-21-27(29)33(5,6)7/h13-17,19-24H,11-12,18H2,1-10H3. The van der Waals surface area contributed by atoms with Gasteiger partial charge in [0, 0.05) is 0 Å². The van der Waals surface area contributed by atoms with Gasteiger partial charge in [-0.25, -0.2) is 0 Å². The molecule has 0 aliphatic heterocycles. The van der Waals surface area contributed by atoms with E-state index in [0.717, 1.165) is 6.42 Å². The lowest BCUT2D eigenvalue weighted by atomic mass is 9.33. The van der Waals surface area contributed by atoms with Crippen molar-refractivity contribution < 1.29 is 0 Å². The van der Waals surface area contributed by atoms with Crippen LogP contribution < -0.4 is 16.4 Å². The molecule has 0 aliphatic carbocycles. The van der Waals surface area contributed by atoms with Crippen LogP contribution in [-0.2, 0) is 22.7 Å². The van der Waals surface area contributed by atoms with Crippen LogP contribution in [0.3, 0.4) is 0 Å². The van der Waals surface area contributed by atoms with Crippen molar-refractivity contribution in [3.63, 3.8) is 0 Å². The Hall–Kier alpha value is -2.28. The molecule has 0 aliphatic rings. The van der Waals surface area contributed by atoms with Crippen molar-refractivity contribution in [2.75, 3.05) is 0 Å². The van der Waals surface area contributed by atoms with E-state index in [2.05, 4.69) is 136 Å². The van der Waals surface area contributed by atoms with Crippen molar-refractivity contribution in [3.8, 4) is 0 Å². The van der Waals surface area contributed by atoms with E-state index in [9.17, 15) is 0 Å². The van der Waals surface area contributed by atoms with Crippen LogP contribution in [0.5, 0.6) is 0 Å². The van der Waals surface area contributed by atoms with Gasteiger partial charge in [-0.3, -0.25) is 0 Å². The fourth-order valence-electron chi connectivity index (χ4n) is 5.72. The second-order valence-electron chi connectivity index (χ2n) is 13.3. The molecular weight excluding hydrogens is 419 g/mol. The fourth-order valence-corrected chi connectivity index (χ4v) is 5.72. The summed E-state index contributed by atoms with van der Waals surface area (Å²) in [6.45, 7) is 23.8. The zero-order valence-corrected chi connectivity index (χ0v) is 24.0. The van der Waals surface area contributed by atoms with Gasteiger partial charge >= 0.3 is 0 Å². The Balaban J connectivity index is 2.47. The molecule has 1 heteroatoms. The average molecular weight is 467 g/mol. The molecule has 0 radical (unpaired) electrons. The lowest BCUT2D eigenvalue weighted by molar-refractivity contribution is 0.583. The number of hydrogen-bond donors (Lipinski definition) is 0. The molecular formula is C34H47B. The maximum absolute atomic E-state index is 2.42. The highest BCUT2D eigenvalue weighted by atomic mass is 14.3. The lowest BCUT2D eigenvalue weighted by Gasteiger charge is -2.34. The maximum Gasteiger partial charge on any atom is 0.242 e. The summed E-state index contributed by atoms with van der Waals surface area (Å²) in [5.74, 6) is 0. The monoisotopic (exact) mass is 466 g/mol. The molecule has 0 saturated carbocycles. The highest BCUT2D eigenvalue weighted by molar-refractivity contribution is 6.96. The number of aryl methyl sites for hydroxylation is 1. The first-order chi connectivity index (χ1) is 16.3. The second kappa shape index (κ2) is 10.4. The van der Waals surface area contributed by atoms with Gasteiger partial charge in [-0.05, 0) is 51.3 Å². The molecule has 0 saturated heterocycles. The van der Waals surface area contributed by atoms with E-state index < -0.39 is 0 Å². The maximum atomic E-state index is 2.42. The molecule has 186 valence electrons. The normalized spacial score (nSPS) is 12.6. The number of benzene rings is 3. The third-order valence-corrected chi connectivity index (χ3v) is 7.20. The molecule has 0 spiro atoms. The van der Waals surface area contributed by atoms with Crippen LogP contribution in [0.1, 0.15) is 104 Å². The Labute approximate surface area is 216 Å². The quantitative estimate of drug-likeness (QED) is 0.331. The van der Waals surface area contributed by atoms with Crippen LogP contribution in [-0.4, -0.2) is 6.71 Å². The molecule has 0 fully saturated rings. The smallest absolute Gasteiger partial charge is 0.0667 e. The molecule has 0 amide bonds. The first-order valence-electron chi connectivity index (χ1n) is 13.6. The van der Waals surface area contributed by atoms with Gasteiger partial charge in [-0.15, -0.1) is 0 Å². The van der Waals surface area contributed by atoms with Crippen molar-refractivity contribution in [3.05, 3.63) is 89.0 Å². The average Bonchev–Trinajstić information content (AvgIpc) is 2.76.